The van der Waals surface area contributed by atoms with E-state index in [0.717, 1.165) is 55.5 Å². The molecular formula is C26H16B2O4. The van der Waals surface area contributed by atoms with E-state index >= 15 is 0 Å². The van der Waals surface area contributed by atoms with Gasteiger partial charge in [0.25, 0.3) is 0 Å². The lowest BCUT2D eigenvalue weighted by atomic mass is 9.76. The van der Waals surface area contributed by atoms with Gasteiger partial charge in [0, 0.05) is 10.9 Å². The largest absolute Gasteiger partial charge is 0.632 e. The van der Waals surface area contributed by atoms with Crippen molar-refractivity contribution < 1.29 is 18.6 Å². The molecule has 2 aliphatic rings. The van der Waals surface area contributed by atoms with Gasteiger partial charge in [-0.25, -0.2) is 0 Å². The molecular weight excluding hydrogens is 398 g/mol. The second kappa shape index (κ2) is 6.72. The lowest BCUT2D eigenvalue weighted by molar-refractivity contribution is 0.518. The van der Waals surface area contributed by atoms with Crippen LogP contribution < -0.4 is 29.5 Å². The minimum atomic E-state index is -0.453. The Labute approximate surface area is 185 Å². The zero-order valence-corrected chi connectivity index (χ0v) is 17.0. The van der Waals surface area contributed by atoms with Crippen LogP contribution in [0.15, 0.2) is 97.1 Å². The fourth-order valence-corrected chi connectivity index (χ4v) is 4.45. The molecule has 0 fully saturated rings. The van der Waals surface area contributed by atoms with Crippen molar-refractivity contribution in [2.75, 3.05) is 0 Å². The fraction of sp³-hybridized carbons (Fsp3) is 0. The van der Waals surface area contributed by atoms with Crippen molar-refractivity contribution in [3.8, 4) is 23.0 Å². The Hall–Kier alpha value is -4.05. The molecule has 0 N–H and O–H groups in total. The van der Waals surface area contributed by atoms with Crippen molar-refractivity contribution in [2.24, 2.45) is 0 Å². The van der Waals surface area contributed by atoms with Crippen LogP contribution in [0.1, 0.15) is 0 Å². The Morgan fingerprint density at radius 2 is 0.750 bits per heavy atom. The van der Waals surface area contributed by atoms with E-state index in [-0.39, 0.29) is 0 Å². The first-order chi connectivity index (χ1) is 15.8. The predicted octanol–water partition coefficient (Wildman–Crippen LogP) is 4.33. The van der Waals surface area contributed by atoms with Crippen LogP contribution in [0.4, 0.5) is 0 Å². The minimum Gasteiger partial charge on any atom is -0.519 e. The van der Waals surface area contributed by atoms with Crippen molar-refractivity contribution >= 4 is 46.7 Å². The third kappa shape index (κ3) is 2.73. The summed E-state index contributed by atoms with van der Waals surface area (Å²) < 4.78 is 24.1. The molecule has 32 heavy (non-hydrogen) atoms. The summed E-state index contributed by atoms with van der Waals surface area (Å²) in [7, 11) is -0.905. The van der Waals surface area contributed by atoms with Crippen molar-refractivity contribution in [1.29, 1.82) is 0 Å². The van der Waals surface area contributed by atoms with Gasteiger partial charge in [-0.15, -0.1) is 0 Å². The average Bonchev–Trinajstić information content (AvgIpc) is 3.48. The van der Waals surface area contributed by atoms with Crippen molar-refractivity contribution in [3.05, 3.63) is 97.1 Å². The van der Waals surface area contributed by atoms with Crippen molar-refractivity contribution in [2.45, 2.75) is 0 Å². The summed E-state index contributed by atoms with van der Waals surface area (Å²) in [5.74, 6) is 3.08. The highest BCUT2D eigenvalue weighted by atomic mass is 16.6. The summed E-state index contributed by atoms with van der Waals surface area (Å²) in [5.41, 5.74) is 1.96. The molecule has 0 aliphatic carbocycles. The summed E-state index contributed by atoms with van der Waals surface area (Å²) in [6.07, 6.45) is 0. The quantitative estimate of drug-likeness (QED) is 0.319. The molecule has 0 amide bonds. The molecule has 2 heterocycles. The lowest BCUT2D eigenvalue weighted by Crippen LogP contribution is -2.39. The van der Waals surface area contributed by atoms with Crippen LogP contribution >= 0.6 is 0 Å². The Bertz CT molecular complexity index is 1350. The van der Waals surface area contributed by atoms with E-state index in [1.807, 2.05) is 48.5 Å². The van der Waals surface area contributed by atoms with Gasteiger partial charge in [-0.2, -0.15) is 0 Å². The van der Waals surface area contributed by atoms with Gasteiger partial charge in [0.2, 0.25) is 0 Å². The minimum absolute atomic E-state index is 0.453. The van der Waals surface area contributed by atoms with Gasteiger partial charge in [0.05, 0.1) is 0 Å². The van der Waals surface area contributed by atoms with Gasteiger partial charge >= 0.3 is 14.2 Å². The summed E-state index contributed by atoms with van der Waals surface area (Å²) in [6, 6.07) is 32.5. The standard InChI is InChI=1S/C26H16B2O4/c1-2-6-24-23(5-1)29-27(30-24)19-13-11-17-9-10-18-12-14-20(16-22(18)21(17)15-19)28-31-25-7-3-4-8-26(25)32-28/h1-16H. The van der Waals surface area contributed by atoms with E-state index in [4.69, 9.17) is 18.6 Å². The van der Waals surface area contributed by atoms with Crippen LogP contribution in [0.2, 0.25) is 0 Å². The predicted molar refractivity (Wildman–Crippen MR) is 128 cm³/mol. The van der Waals surface area contributed by atoms with Crippen molar-refractivity contribution in [1.82, 2.24) is 0 Å². The first-order valence-electron chi connectivity index (χ1n) is 10.6. The highest BCUT2D eigenvalue weighted by Crippen LogP contribution is 2.34. The zero-order valence-electron chi connectivity index (χ0n) is 17.0. The lowest BCUT2D eigenvalue weighted by Gasteiger charge is -2.11. The molecule has 0 saturated carbocycles. The van der Waals surface area contributed by atoms with E-state index in [2.05, 4.69) is 48.5 Å². The van der Waals surface area contributed by atoms with Gasteiger partial charge in [0.1, 0.15) is 23.0 Å². The van der Waals surface area contributed by atoms with E-state index in [0.29, 0.717) is 0 Å². The Morgan fingerprint density at radius 1 is 0.406 bits per heavy atom. The van der Waals surface area contributed by atoms with Gasteiger partial charge in [-0.1, -0.05) is 72.8 Å². The highest BCUT2D eigenvalue weighted by molar-refractivity contribution is 6.64. The first kappa shape index (κ1) is 17.6. The topological polar surface area (TPSA) is 36.9 Å². The third-order valence-electron chi connectivity index (χ3n) is 6.07. The number of hydrogen-bond donors (Lipinski definition) is 0. The summed E-state index contributed by atoms with van der Waals surface area (Å²) in [4.78, 5) is 0. The Balaban J connectivity index is 1.30. The molecule has 5 aromatic rings. The number of hydrogen-bond acceptors (Lipinski definition) is 4. The van der Waals surface area contributed by atoms with E-state index < -0.39 is 14.2 Å². The molecule has 0 bridgehead atoms. The average molecular weight is 414 g/mol. The smallest absolute Gasteiger partial charge is 0.519 e. The molecule has 5 aromatic carbocycles. The molecule has 4 nitrogen and oxygen atoms in total. The molecule has 2 aliphatic heterocycles. The molecule has 0 atom stereocenters. The third-order valence-corrected chi connectivity index (χ3v) is 6.07. The van der Waals surface area contributed by atoms with E-state index in [1.54, 1.807) is 0 Å². The SMILES string of the molecule is c1ccc2c(c1)OB(c1ccc3ccc4ccc(B5Oc6ccccc6O5)cc4c3c1)O2. The maximum Gasteiger partial charge on any atom is 0.632 e. The van der Waals surface area contributed by atoms with Crippen LogP contribution in [0.3, 0.4) is 0 Å². The summed E-state index contributed by atoms with van der Waals surface area (Å²) in [6.45, 7) is 0. The van der Waals surface area contributed by atoms with Crippen LogP contribution in [-0.2, 0) is 0 Å². The molecule has 0 aromatic heterocycles. The highest BCUT2D eigenvalue weighted by Gasteiger charge is 2.35. The second-order valence-electron chi connectivity index (χ2n) is 8.06. The van der Waals surface area contributed by atoms with Gasteiger partial charge in [-0.05, 0) is 45.8 Å². The Kier molecular flexibility index (Phi) is 3.70. The zero-order chi connectivity index (χ0) is 21.1. The van der Waals surface area contributed by atoms with Gasteiger partial charge in [0.15, 0.2) is 0 Å². The molecule has 0 unspecified atom stereocenters. The van der Waals surface area contributed by atoms with Gasteiger partial charge < -0.3 is 18.6 Å². The van der Waals surface area contributed by atoms with E-state index in [1.165, 1.54) is 0 Å². The number of fused-ring (bicyclic) bond motifs is 5. The van der Waals surface area contributed by atoms with Crippen LogP contribution in [0, 0.1) is 0 Å². The monoisotopic (exact) mass is 414 g/mol. The Morgan fingerprint density at radius 3 is 1.12 bits per heavy atom. The van der Waals surface area contributed by atoms with E-state index in [9.17, 15) is 0 Å². The number of rotatable bonds is 2. The van der Waals surface area contributed by atoms with Crippen LogP contribution in [0.25, 0.3) is 21.5 Å². The maximum atomic E-state index is 6.03. The van der Waals surface area contributed by atoms with Crippen LogP contribution in [0.5, 0.6) is 23.0 Å². The van der Waals surface area contributed by atoms with Gasteiger partial charge in [-0.3, -0.25) is 0 Å². The molecule has 150 valence electrons. The summed E-state index contributed by atoms with van der Waals surface area (Å²) in [5, 5.41) is 4.59. The molecule has 7 rings (SSSR count). The van der Waals surface area contributed by atoms with Crippen molar-refractivity contribution in [3.63, 3.8) is 0 Å². The first-order valence-corrected chi connectivity index (χ1v) is 10.6. The van der Waals surface area contributed by atoms with Crippen LogP contribution in [-0.4, -0.2) is 14.2 Å². The number of para-hydroxylation sites is 4. The fourth-order valence-electron chi connectivity index (χ4n) is 4.45. The number of benzene rings is 5. The normalized spacial score (nSPS) is 13.9. The molecule has 0 radical (unpaired) electrons. The maximum absolute atomic E-state index is 6.03. The second-order valence-corrected chi connectivity index (χ2v) is 8.06. The molecule has 6 heteroatoms. The molecule has 0 spiro atoms. The molecule has 0 saturated heterocycles. The summed E-state index contributed by atoms with van der Waals surface area (Å²) >= 11 is 0.